The van der Waals surface area contributed by atoms with Gasteiger partial charge in [0.25, 0.3) is 0 Å². The Balaban J connectivity index is 2.31. The van der Waals surface area contributed by atoms with Gasteiger partial charge in [0.05, 0.1) is 12.8 Å². The molecule has 0 radical (unpaired) electrons. The molecule has 0 fully saturated rings. The second-order valence-electron chi connectivity index (χ2n) is 4.61. The first-order chi connectivity index (χ1) is 10.0. The van der Waals surface area contributed by atoms with Crippen LogP contribution in [0.15, 0.2) is 18.2 Å². The van der Waals surface area contributed by atoms with Crippen molar-refractivity contribution < 1.29 is 9.13 Å². The van der Waals surface area contributed by atoms with E-state index >= 15 is 0 Å². The zero-order chi connectivity index (χ0) is 15.1. The van der Waals surface area contributed by atoms with E-state index in [-0.39, 0.29) is 10.9 Å². The molecule has 0 saturated carbocycles. The van der Waals surface area contributed by atoms with Gasteiger partial charge in [0, 0.05) is 11.3 Å². The molecule has 0 amide bonds. The Morgan fingerprint density at radius 1 is 1.24 bits per heavy atom. The Morgan fingerprint density at radius 3 is 2.71 bits per heavy atom. The van der Waals surface area contributed by atoms with Crippen LogP contribution >= 0.6 is 11.6 Å². The molecule has 108 valence electrons. The number of aryl methyl sites for hydroxylation is 2. The molecule has 0 unspecified atom stereocenters. The number of ether oxygens (including phenoxy) is 1. The van der Waals surface area contributed by atoms with Crippen LogP contribution in [0, 0.1) is 19.7 Å². The maximum atomic E-state index is 13.5. The first-order valence-corrected chi connectivity index (χ1v) is 6.62. The van der Waals surface area contributed by atoms with Gasteiger partial charge < -0.3 is 4.74 Å². The molecule has 0 aliphatic rings. The summed E-state index contributed by atoms with van der Waals surface area (Å²) in [5.41, 5.74) is 2.81. The average molecular weight is 307 g/mol. The summed E-state index contributed by atoms with van der Waals surface area (Å²) in [6.45, 7) is 3.76. The third-order valence-electron chi connectivity index (χ3n) is 3.38. The van der Waals surface area contributed by atoms with Crippen LogP contribution in [-0.4, -0.2) is 26.7 Å². The number of aromatic nitrogens is 4. The molecule has 3 rings (SSSR count). The molecule has 1 aromatic carbocycles. The van der Waals surface area contributed by atoms with Crippen molar-refractivity contribution in [3.05, 3.63) is 40.6 Å². The third kappa shape index (κ3) is 2.12. The van der Waals surface area contributed by atoms with Gasteiger partial charge in [0.15, 0.2) is 28.2 Å². The van der Waals surface area contributed by atoms with Crippen LogP contribution in [0.5, 0.6) is 5.75 Å². The monoisotopic (exact) mass is 306 g/mol. The SMILES string of the molecule is COc1cc(-c2nnc3c(Cl)nc(C)c(C)n23)ccc1F. The van der Waals surface area contributed by atoms with Crippen molar-refractivity contribution in [1.82, 2.24) is 19.6 Å². The van der Waals surface area contributed by atoms with Gasteiger partial charge in [0.2, 0.25) is 0 Å². The standard InChI is InChI=1S/C14H12ClFN4O/c1-7-8(2)20-13(18-19-14(20)12(15)17-7)9-4-5-10(16)11(6-9)21-3/h4-6H,1-3H3. The number of benzene rings is 1. The minimum Gasteiger partial charge on any atom is -0.494 e. The van der Waals surface area contributed by atoms with E-state index < -0.39 is 5.82 Å². The van der Waals surface area contributed by atoms with Gasteiger partial charge in [-0.1, -0.05) is 11.6 Å². The van der Waals surface area contributed by atoms with Crippen LogP contribution in [0.1, 0.15) is 11.4 Å². The van der Waals surface area contributed by atoms with Crippen LogP contribution in [-0.2, 0) is 0 Å². The quantitative estimate of drug-likeness (QED) is 0.729. The molecule has 0 aliphatic heterocycles. The van der Waals surface area contributed by atoms with Gasteiger partial charge in [-0.05, 0) is 32.0 Å². The molecule has 7 heteroatoms. The zero-order valence-corrected chi connectivity index (χ0v) is 12.4. The molecular formula is C14H12ClFN4O. The van der Waals surface area contributed by atoms with E-state index in [0.717, 1.165) is 11.4 Å². The largest absolute Gasteiger partial charge is 0.494 e. The van der Waals surface area contributed by atoms with E-state index in [2.05, 4.69) is 15.2 Å². The van der Waals surface area contributed by atoms with Gasteiger partial charge >= 0.3 is 0 Å². The minimum atomic E-state index is -0.428. The van der Waals surface area contributed by atoms with Crippen LogP contribution in [0.3, 0.4) is 0 Å². The Hall–Kier alpha value is -2.21. The van der Waals surface area contributed by atoms with E-state index in [4.69, 9.17) is 16.3 Å². The van der Waals surface area contributed by atoms with Crippen molar-refractivity contribution in [2.24, 2.45) is 0 Å². The highest BCUT2D eigenvalue weighted by molar-refractivity contribution is 6.32. The summed E-state index contributed by atoms with van der Waals surface area (Å²) in [7, 11) is 1.42. The maximum Gasteiger partial charge on any atom is 0.199 e. The third-order valence-corrected chi connectivity index (χ3v) is 3.64. The summed E-state index contributed by atoms with van der Waals surface area (Å²) in [5.74, 6) is 0.287. The van der Waals surface area contributed by atoms with Crippen LogP contribution in [0.25, 0.3) is 17.0 Å². The maximum absolute atomic E-state index is 13.5. The fraction of sp³-hybridized carbons (Fsp3) is 0.214. The van der Waals surface area contributed by atoms with E-state index in [9.17, 15) is 4.39 Å². The molecule has 21 heavy (non-hydrogen) atoms. The van der Waals surface area contributed by atoms with Gasteiger partial charge in [-0.25, -0.2) is 9.37 Å². The minimum absolute atomic E-state index is 0.152. The van der Waals surface area contributed by atoms with Crippen LogP contribution < -0.4 is 4.74 Å². The molecule has 0 saturated heterocycles. The average Bonchev–Trinajstić information content (AvgIpc) is 2.91. The van der Waals surface area contributed by atoms with E-state index in [1.165, 1.54) is 13.2 Å². The predicted octanol–water partition coefficient (Wildman–Crippen LogP) is 3.21. The van der Waals surface area contributed by atoms with E-state index in [0.29, 0.717) is 17.0 Å². The molecule has 0 atom stereocenters. The predicted molar refractivity (Wildman–Crippen MR) is 77.2 cm³/mol. The first kappa shape index (κ1) is 13.8. The van der Waals surface area contributed by atoms with Crippen LogP contribution in [0.2, 0.25) is 5.15 Å². The Labute approximate surface area is 125 Å². The molecule has 0 spiro atoms. The number of hydrogen-bond acceptors (Lipinski definition) is 4. The number of hydrogen-bond donors (Lipinski definition) is 0. The number of fused-ring (bicyclic) bond motifs is 1. The lowest BCUT2D eigenvalue weighted by Crippen LogP contribution is -2.01. The lowest BCUT2D eigenvalue weighted by molar-refractivity contribution is 0.386. The molecular weight excluding hydrogens is 295 g/mol. The number of nitrogens with zero attached hydrogens (tertiary/aromatic N) is 4. The molecule has 2 heterocycles. The fourth-order valence-electron chi connectivity index (χ4n) is 2.16. The molecule has 3 aromatic rings. The normalized spacial score (nSPS) is 11.1. The number of methoxy groups -OCH3 is 1. The topological polar surface area (TPSA) is 52.3 Å². The molecule has 5 nitrogen and oxygen atoms in total. The van der Waals surface area contributed by atoms with Crippen molar-refractivity contribution in [1.29, 1.82) is 0 Å². The summed E-state index contributed by atoms with van der Waals surface area (Å²) >= 11 is 6.10. The molecule has 0 bridgehead atoms. The first-order valence-electron chi connectivity index (χ1n) is 6.24. The smallest absolute Gasteiger partial charge is 0.199 e. The Kier molecular flexibility index (Phi) is 3.25. The number of rotatable bonds is 2. The Morgan fingerprint density at radius 2 is 2.00 bits per heavy atom. The highest BCUT2D eigenvalue weighted by Crippen LogP contribution is 2.28. The summed E-state index contributed by atoms with van der Waals surface area (Å²) in [6.07, 6.45) is 0. The highest BCUT2D eigenvalue weighted by Gasteiger charge is 2.16. The van der Waals surface area contributed by atoms with E-state index in [1.807, 2.05) is 13.8 Å². The summed E-state index contributed by atoms with van der Waals surface area (Å²) in [4.78, 5) is 4.21. The van der Waals surface area contributed by atoms with Gasteiger partial charge in [0.1, 0.15) is 0 Å². The van der Waals surface area contributed by atoms with Crippen molar-refractivity contribution in [2.45, 2.75) is 13.8 Å². The summed E-state index contributed by atoms with van der Waals surface area (Å²) in [5, 5.41) is 8.49. The van der Waals surface area contributed by atoms with Crippen molar-refractivity contribution in [3.8, 4) is 17.1 Å². The van der Waals surface area contributed by atoms with Crippen LogP contribution in [0.4, 0.5) is 4.39 Å². The molecule has 2 aromatic heterocycles. The number of halogens is 2. The van der Waals surface area contributed by atoms with Gasteiger partial charge in [-0.15, -0.1) is 10.2 Å². The van der Waals surface area contributed by atoms with Crippen molar-refractivity contribution >= 4 is 17.2 Å². The van der Waals surface area contributed by atoms with Crippen molar-refractivity contribution in [2.75, 3.05) is 7.11 Å². The van der Waals surface area contributed by atoms with E-state index in [1.54, 1.807) is 16.5 Å². The Bertz CT molecular complexity index is 847. The van der Waals surface area contributed by atoms with Gasteiger partial charge in [-0.3, -0.25) is 4.40 Å². The lowest BCUT2D eigenvalue weighted by atomic mass is 10.2. The second-order valence-corrected chi connectivity index (χ2v) is 4.96. The summed E-state index contributed by atoms with van der Waals surface area (Å²) in [6, 6.07) is 4.53. The fourth-order valence-corrected chi connectivity index (χ4v) is 2.41. The lowest BCUT2D eigenvalue weighted by Gasteiger charge is -2.08. The van der Waals surface area contributed by atoms with Gasteiger partial charge in [-0.2, -0.15) is 0 Å². The molecule has 0 N–H and O–H groups in total. The molecule has 0 aliphatic carbocycles. The second kappa shape index (κ2) is 4.96. The van der Waals surface area contributed by atoms with Crippen molar-refractivity contribution in [3.63, 3.8) is 0 Å². The highest BCUT2D eigenvalue weighted by atomic mass is 35.5. The summed E-state index contributed by atoms with van der Waals surface area (Å²) < 4.78 is 20.3. The zero-order valence-electron chi connectivity index (χ0n) is 11.7.